The number of likely N-dealkylation sites (tertiary alicyclic amines) is 2. The van der Waals surface area contributed by atoms with E-state index in [0.29, 0.717) is 13.1 Å². The van der Waals surface area contributed by atoms with E-state index in [2.05, 4.69) is 69.1 Å². The Morgan fingerprint density at radius 2 is 1.00 bits per heavy atom. The lowest BCUT2D eigenvalue weighted by molar-refractivity contribution is -0.136. The Kier molecular flexibility index (Phi) is 11.0. The first-order valence-corrected chi connectivity index (χ1v) is 19.4. The number of carbonyl (C=O) groups is 4. The number of aromatic amines is 2. The summed E-state index contributed by atoms with van der Waals surface area (Å²) in [6.45, 7) is 8.80. The van der Waals surface area contributed by atoms with Gasteiger partial charge in [-0.1, -0.05) is 64.1 Å². The zero-order valence-electron chi connectivity index (χ0n) is 32.7. The lowest BCUT2D eigenvalue weighted by Crippen LogP contribution is -2.51. The summed E-state index contributed by atoms with van der Waals surface area (Å²) in [4.78, 5) is 71.6. The molecule has 14 heteroatoms. The average Bonchev–Trinajstić information content (AvgIpc) is 4.03. The monoisotopic (exact) mass is 762 g/mol. The topological polar surface area (TPSA) is 175 Å². The van der Waals surface area contributed by atoms with Gasteiger partial charge in [0.2, 0.25) is 11.8 Å². The van der Waals surface area contributed by atoms with Crippen molar-refractivity contribution in [2.45, 2.75) is 77.5 Å². The van der Waals surface area contributed by atoms with Gasteiger partial charge in [0.1, 0.15) is 23.7 Å². The molecule has 2 aliphatic rings. The molecular formula is C42H50N8O6. The highest BCUT2D eigenvalue weighted by molar-refractivity contribution is 5.88. The van der Waals surface area contributed by atoms with Crippen LogP contribution >= 0.6 is 0 Å². The van der Waals surface area contributed by atoms with E-state index in [1.54, 1.807) is 0 Å². The van der Waals surface area contributed by atoms with Gasteiger partial charge in [0.05, 0.1) is 48.4 Å². The molecule has 294 valence electrons. The summed E-state index contributed by atoms with van der Waals surface area (Å²) >= 11 is 0. The third kappa shape index (κ3) is 7.64. The highest BCUT2D eigenvalue weighted by Crippen LogP contribution is 2.36. The summed E-state index contributed by atoms with van der Waals surface area (Å²) in [5.41, 5.74) is 7.54. The zero-order chi connectivity index (χ0) is 39.7. The molecule has 0 unspecified atom stereocenters. The second-order valence-corrected chi connectivity index (χ2v) is 15.4. The minimum atomic E-state index is -0.692. The van der Waals surface area contributed by atoms with Crippen molar-refractivity contribution in [3.8, 4) is 22.3 Å². The van der Waals surface area contributed by atoms with Crippen LogP contribution in [0.15, 0.2) is 60.7 Å². The fourth-order valence-corrected chi connectivity index (χ4v) is 7.97. The van der Waals surface area contributed by atoms with E-state index < -0.39 is 24.3 Å². The normalized spacial score (nSPS) is 18.1. The minimum Gasteiger partial charge on any atom is -0.453 e. The van der Waals surface area contributed by atoms with E-state index in [9.17, 15) is 19.2 Å². The fourth-order valence-electron chi connectivity index (χ4n) is 7.97. The summed E-state index contributed by atoms with van der Waals surface area (Å²) in [5.74, 6) is 0.974. The first-order chi connectivity index (χ1) is 26.9. The van der Waals surface area contributed by atoms with Crippen LogP contribution in [0.4, 0.5) is 9.59 Å². The Bertz CT molecular complexity index is 2090. The highest BCUT2D eigenvalue weighted by atomic mass is 16.5. The molecule has 56 heavy (non-hydrogen) atoms. The molecule has 5 aromatic rings. The van der Waals surface area contributed by atoms with Crippen molar-refractivity contribution >= 4 is 46.1 Å². The van der Waals surface area contributed by atoms with Gasteiger partial charge >= 0.3 is 12.2 Å². The molecule has 4 heterocycles. The molecule has 3 aromatic carbocycles. The van der Waals surface area contributed by atoms with Crippen molar-refractivity contribution < 1.29 is 28.7 Å². The lowest BCUT2D eigenvalue weighted by atomic mass is 10.00. The molecule has 0 spiro atoms. The molecular weight excluding hydrogens is 713 g/mol. The number of imidazole rings is 2. The number of nitrogens with one attached hydrogen (secondary N) is 4. The van der Waals surface area contributed by atoms with Gasteiger partial charge in [-0.25, -0.2) is 19.6 Å². The maximum atomic E-state index is 13.6. The molecule has 0 aliphatic carbocycles. The van der Waals surface area contributed by atoms with Crippen LogP contribution in [0.3, 0.4) is 0 Å². The third-order valence-electron chi connectivity index (χ3n) is 11.0. The Morgan fingerprint density at radius 1 is 0.625 bits per heavy atom. The summed E-state index contributed by atoms with van der Waals surface area (Å²) in [5, 5.41) is 5.41. The van der Waals surface area contributed by atoms with Gasteiger partial charge in [0.25, 0.3) is 0 Å². The fraction of sp³-hybridized carbons (Fsp3) is 0.429. The Hall–Kier alpha value is -5.92. The second kappa shape index (κ2) is 16.0. The number of benzene rings is 3. The van der Waals surface area contributed by atoms with Crippen LogP contribution in [0.2, 0.25) is 0 Å². The van der Waals surface area contributed by atoms with Crippen LogP contribution in [0.25, 0.3) is 44.3 Å². The van der Waals surface area contributed by atoms with E-state index in [1.807, 2.05) is 49.6 Å². The number of aromatic nitrogens is 4. The summed E-state index contributed by atoms with van der Waals surface area (Å²) in [6, 6.07) is 18.9. The van der Waals surface area contributed by atoms with Gasteiger partial charge in [-0.3, -0.25) is 9.59 Å². The zero-order valence-corrected chi connectivity index (χ0v) is 32.7. The van der Waals surface area contributed by atoms with E-state index in [4.69, 9.17) is 19.4 Å². The third-order valence-corrected chi connectivity index (χ3v) is 11.0. The van der Waals surface area contributed by atoms with Crippen molar-refractivity contribution in [2.75, 3.05) is 27.3 Å². The summed E-state index contributed by atoms with van der Waals surface area (Å²) in [7, 11) is 2.58. The number of hydrogen-bond acceptors (Lipinski definition) is 8. The number of methoxy groups -OCH3 is 2. The highest BCUT2D eigenvalue weighted by Gasteiger charge is 2.39. The average molecular weight is 763 g/mol. The van der Waals surface area contributed by atoms with Crippen molar-refractivity contribution in [1.82, 2.24) is 40.4 Å². The number of alkyl carbamates (subject to hydrolysis) is 2. The van der Waals surface area contributed by atoms with Crippen LogP contribution in [-0.2, 0) is 19.1 Å². The van der Waals surface area contributed by atoms with Gasteiger partial charge < -0.3 is 39.9 Å². The van der Waals surface area contributed by atoms with E-state index >= 15 is 0 Å². The Labute approximate surface area is 325 Å². The number of rotatable bonds is 10. The predicted molar refractivity (Wildman–Crippen MR) is 212 cm³/mol. The standard InChI is InChI=1S/C42H50N8O6/c1-23(2)35(47-41(53)55-5)39(51)49-19-7-9-33(49)37-43-29-17-15-27(21-31(29)45-37)25-11-13-26(14-12-25)28-16-18-30-32(22-28)46-38(44-30)34-10-8-20-50(34)40(52)36(24(3)4)48-42(54)56-6/h11-18,21-24,33-36H,7-10,19-20H2,1-6H3,(H,43,45)(H,44,46)(H,47,53)(H,48,54)/t33-,34-,35+,36+/m0/s1. The van der Waals surface area contributed by atoms with Crippen LogP contribution in [-0.4, -0.2) is 93.1 Å². The molecule has 4 amide bonds. The largest absolute Gasteiger partial charge is 0.453 e. The first kappa shape index (κ1) is 38.4. The van der Waals surface area contributed by atoms with Crippen LogP contribution in [0.1, 0.15) is 77.1 Å². The maximum Gasteiger partial charge on any atom is 0.407 e. The first-order valence-electron chi connectivity index (χ1n) is 19.4. The number of fused-ring (bicyclic) bond motifs is 2. The van der Waals surface area contributed by atoms with E-state index in [0.717, 1.165) is 81.7 Å². The van der Waals surface area contributed by atoms with Gasteiger partial charge in [-0.05, 0) is 84.0 Å². The molecule has 4 N–H and O–H groups in total. The predicted octanol–water partition coefficient (Wildman–Crippen LogP) is 6.86. The van der Waals surface area contributed by atoms with Gasteiger partial charge in [-0.2, -0.15) is 0 Å². The molecule has 2 aromatic heterocycles. The molecule has 7 rings (SSSR count). The molecule has 2 aliphatic heterocycles. The smallest absolute Gasteiger partial charge is 0.407 e. The lowest BCUT2D eigenvalue weighted by Gasteiger charge is -2.29. The number of amides is 4. The molecule has 4 atom stereocenters. The van der Waals surface area contributed by atoms with Gasteiger partial charge in [0, 0.05) is 13.1 Å². The van der Waals surface area contributed by atoms with Crippen molar-refractivity contribution in [3.63, 3.8) is 0 Å². The number of nitrogens with zero attached hydrogens (tertiary/aromatic N) is 4. The molecule has 0 saturated carbocycles. The van der Waals surface area contributed by atoms with Gasteiger partial charge in [-0.15, -0.1) is 0 Å². The maximum absolute atomic E-state index is 13.6. The summed E-state index contributed by atoms with van der Waals surface area (Å²) < 4.78 is 9.54. The number of H-pyrrole nitrogens is 2. The van der Waals surface area contributed by atoms with Crippen molar-refractivity contribution in [3.05, 3.63) is 72.3 Å². The van der Waals surface area contributed by atoms with E-state index in [-0.39, 0.29) is 35.7 Å². The SMILES string of the molecule is COC(=O)N[C@@H](C(=O)N1CCC[C@H]1c1nc2cc(-c3ccc(-c4ccc5[nH]c([C@@H]6CCCN6C(=O)[C@H](NC(=O)OC)C(C)C)nc5c4)cc3)ccc2[nH]1)C(C)C. The van der Waals surface area contributed by atoms with Crippen molar-refractivity contribution in [1.29, 1.82) is 0 Å². The summed E-state index contributed by atoms with van der Waals surface area (Å²) in [6.07, 6.45) is 2.00. The molecule has 0 bridgehead atoms. The van der Waals surface area contributed by atoms with Crippen LogP contribution in [0.5, 0.6) is 0 Å². The van der Waals surface area contributed by atoms with Gasteiger partial charge in [0.15, 0.2) is 0 Å². The number of ether oxygens (including phenoxy) is 2. The van der Waals surface area contributed by atoms with Crippen molar-refractivity contribution in [2.24, 2.45) is 11.8 Å². The Morgan fingerprint density at radius 3 is 1.36 bits per heavy atom. The molecule has 14 nitrogen and oxygen atoms in total. The molecule has 0 radical (unpaired) electrons. The van der Waals surface area contributed by atoms with Crippen LogP contribution in [0, 0.1) is 11.8 Å². The number of hydrogen-bond donors (Lipinski definition) is 4. The number of carbonyl (C=O) groups excluding carboxylic acids is 4. The van der Waals surface area contributed by atoms with Crippen LogP contribution < -0.4 is 10.6 Å². The Balaban J connectivity index is 1.06. The molecule has 2 fully saturated rings. The minimum absolute atomic E-state index is 0.108. The molecule has 2 saturated heterocycles. The van der Waals surface area contributed by atoms with E-state index in [1.165, 1.54) is 14.2 Å². The quantitative estimate of drug-likeness (QED) is 0.119. The second-order valence-electron chi connectivity index (χ2n) is 15.4.